The van der Waals surface area contributed by atoms with Gasteiger partial charge in [0.05, 0.1) is 12.7 Å². The molecule has 3 nitrogen and oxygen atoms in total. The Labute approximate surface area is 277 Å². The molecule has 47 heavy (non-hydrogen) atoms. The van der Waals surface area contributed by atoms with Crippen LogP contribution in [0.15, 0.2) is 42.5 Å². The summed E-state index contributed by atoms with van der Waals surface area (Å²) in [5, 5.41) is 21.3. The highest BCUT2D eigenvalue weighted by Gasteiger charge is 2.57. The van der Waals surface area contributed by atoms with Crippen LogP contribution in [0, 0.1) is 46.3 Å². The van der Waals surface area contributed by atoms with Gasteiger partial charge >= 0.3 is 0 Å². The highest BCUT2D eigenvalue weighted by molar-refractivity contribution is 7.99. The van der Waals surface area contributed by atoms with Crippen molar-refractivity contribution in [1.29, 1.82) is 0 Å². The van der Waals surface area contributed by atoms with Crippen molar-refractivity contribution in [3.63, 3.8) is 0 Å². The van der Waals surface area contributed by atoms with Crippen LogP contribution >= 0.6 is 11.8 Å². The SMILES string of the molecule is C[C@]12C[C@H](c3ccc(OCCCCCSCCCc4c(F)c(F)c(F)c(F)c4F)cc3)[C@@H]3c4ccc(O)cc4CC[C@H]3[C@@H]1CC[C@@H]2O. The maximum absolute atomic E-state index is 13.8. The maximum atomic E-state index is 13.8. The first-order valence-electron chi connectivity index (χ1n) is 16.9. The van der Waals surface area contributed by atoms with Crippen molar-refractivity contribution in [1.82, 2.24) is 0 Å². The maximum Gasteiger partial charge on any atom is 0.200 e. The minimum atomic E-state index is -2.12. The molecule has 3 aliphatic rings. The Morgan fingerprint density at radius 1 is 0.830 bits per heavy atom. The van der Waals surface area contributed by atoms with E-state index >= 15 is 0 Å². The van der Waals surface area contributed by atoms with E-state index in [9.17, 15) is 32.2 Å². The van der Waals surface area contributed by atoms with Crippen molar-refractivity contribution >= 4 is 11.8 Å². The lowest BCUT2D eigenvalue weighted by atomic mass is 9.51. The Hall–Kier alpha value is -2.78. The second kappa shape index (κ2) is 14.4. The summed E-state index contributed by atoms with van der Waals surface area (Å²) >= 11 is 1.60. The van der Waals surface area contributed by atoms with Crippen LogP contribution in [0.4, 0.5) is 22.0 Å². The first-order valence-corrected chi connectivity index (χ1v) is 18.1. The molecule has 0 spiro atoms. The van der Waals surface area contributed by atoms with E-state index in [1.165, 1.54) is 16.7 Å². The Balaban J connectivity index is 0.965. The number of halogens is 5. The summed E-state index contributed by atoms with van der Waals surface area (Å²) in [6.07, 6.45) is 7.55. The number of phenolic OH excluding ortho intramolecular Hbond substituents is 1. The molecule has 3 aliphatic carbocycles. The van der Waals surface area contributed by atoms with E-state index in [1.807, 2.05) is 24.3 Å². The predicted molar refractivity (Wildman–Crippen MR) is 175 cm³/mol. The normalized spacial score (nSPS) is 26.5. The molecule has 3 aromatic carbocycles. The predicted octanol–water partition coefficient (Wildman–Crippen LogP) is 9.61. The molecule has 3 aromatic rings. The third-order valence-corrected chi connectivity index (χ3v) is 12.3. The summed E-state index contributed by atoms with van der Waals surface area (Å²) in [5.74, 6) is -5.17. The van der Waals surface area contributed by atoms with Gasteiger partial charge in [-0.15, -0.1) is 0 Å². The molecule has 254 valence electrons. The Bertz CT molecular complexity index is 1540. The van der Waals surface area contributed by atoms with Gasteiger partial charge in [0.1, 0.15) is 11.5 Å². The quantitative estimate of drug-likeness (QED) is 0.0870. The van der Waals surface area contributed by atoms with Gasteiger partial charge in [-0.05, 0) is 146 Å². The monoisotopic (exact) mass is 674 g/mol. The largest absolute Gasteiger partial charge is 0.508 e. The molecule has 0 heterocycles. The standard InChI is InChI=1S/C38H43F5O3S/c1-38-21-29(32-26-14-10-24(44)20-23(26)9-13-27(32)30(38)15-16-31(38)45)22-7-11-25(12-8-22)46-17-3-2-4-18-47-19-5-6-28-33(39)35(41)37(43)36(42)34(28)40/h7-8,10-12,14,20,27,29-32,44-45H,2-6,9,13,15-19,21H2,1H3/t27-,29+,30-,31-,32+,38-/m0/s1. The number of aliphatic hydroxyl groups is 1. The number of hydrogen-bond acceptors (Lipinski definition) is 4. The molecule has 6 rings (SSSR count). The van der Waals surface area contributed by atoms with E-state index in [-0.39, 0.29) is 23.9 Å². The Kier molecular flexibility index (Phi) is 10.4. The van der Waals surface area contributed by atoms with Crippen LogP contribution in [0.5, 0.6) is 11.5 Å². The van der Waals surface area contributed by atoms with Crippen molar-refractivity contribution < 1.29 is 36.9 Å². The van der Waals surface area contributed by atoms with Crippen LogP contribution in [0.2, 0.25) is 0 Å². The Morgan fingerprint density at radius 3 is 2.28 bits per heavy atom. The molecule has 9 heteroatoms. The lowest BCUT2D eigenvalue weighted by Gasteiger charge is -2.54. The molecule has 0 amide bonds. The molecule has 0 aromatic heterocycles. The number of hydrogen-bond donors (Lipinski definition) is 2. The van der Waals surface area contributed by atoms with Gasteiger partial charge < -0.3 is 14.9 Å². The van der Waals surface area contributed by atoms with Crippen LogP contribution in [0.25, 0.3) is 0 Å². The van der Waals surface area contributed by atoms with Crippen molar-refractivity contribution in [2.75, 3.05) is 18.1 Å². The summed E-state index contributed by atoms with van der Waals surface area (Å²) in [6, 6.07) is 14.3. The highest BCUT2D eigenvalue weighted by atomic mass is 32.2. The van der Waals surface area contributed by atoms with Crippen molar-refractivity contribution in [3.05, 3.63) is 93.8 Å². The summed E-state index contributed by atoms with van der Waals surface area (Å²) in [5.41, 5.74) is 3.04. The number of fused-ring (bicyclic) bond motifs is 5. The third-order valence-electron chi connectivity index (χ3n) is 11.2. The zero-order chi connectivity index (χ0) is 33.3. The summed E-state index contributed by atoms with van der Waals surface area (Å²) in [6.45, 7) is 2.88. The van der Waals surface area contributed by atoms with Gasteiger partial charge in [-0.3, -0.25) is 0 Å². The number of benzene rings is 3. The first-order chi connectivity index (χ1) is 22.6. The lowest BCUT2D eigenvalue weighted by Crippen LogP contribution is -2.47. The zero-order valence-corrected chi connectivity index (χ0v) is 27.5. The summed E-state index contributed by atoms with van der Waals surface area (Å²) < 4.78 is 73.6. The molecule has 6 atom stereocenters. The minimum Gasteiger partial charge on any atom is -0.508 e. The average molecular weight is 675 g/mol. The van der Waals surface area contributed by atoms with Crippen LogP contribution in [-0.2, 0) is 12.8 Å². The molecule has 0 radical (unpaired) electrons. The number of unbranched alkanes of at least 4 members (excludes halogenated alkanes) is 2. The molecule has 0 bridgehead atoms. The van der Waals surface area contributed by atoms with Crippen LogP contribution in [-0.4, -0.2) is 34.4 Å². The molecule has 2 fully saturated rings. The second-order valence-electron chi connectivity index (χ2n) is 13.9. The highest BCUT2D eigenvalue weighted by Crippen LogP contribution is 2.65. The number of aliphatic hydroxyl groups excluding tert-OH is 1. The van der Waals surface area contributed by atoms with E-state index in [4.69, 9.17) is 4.74 Å². The molecule has 0 saturated heterocycles. The topological polar surface area (TPSA) is 49.7 Å². The number of rotatable bonds is 12. The summed E-state index contributed by atoms with van der Waals surface area (Å²) in [7, 11) is 0. The van der Waals surface area contributed by atoms with E-state index in [0.29, 0.717) is 42.3 Å². The molecular weight excluding hydrogens is 631 g/mol. The Morgan fingerprint density at radius 2 is 1.53 bits per heavy atom. The number of phenols is 1. The lowest BCUT2D eigenvalue weighted by molar-refractivity contribution is -0.0323. The van der Waals surface area contributed by atoms with Gasteiger partial charge in [-0.1, -0.05) is 25.1 Å². The molecule has 2 N–H and O–H groups in total. The average Bonchev–Trinajstić information content (AvgIpc) is 3.38. The van der Waals surface area contributed by atoms with Gasteiger partial charge in [0, 0.05) is 5.56 Å². The van der Waals surface area contributed by atoms with Crippen molar-refractivity contribution in [2.45, 2.75) is 89.1 Å². The molecule has 0 aliphatic heterocycles. The van der Waals surface area contributed by atoms with Gasteiger partial charge in [0.25, 0.3) is 0 Å². The fourth-order valence-electron chi connectivity index (χ4n) is 8.80. The number of thioether (sulfide) groups is 1. The van der Waals surface area contributed by atoms with E-state index in [0.717, 1.165) is 62.9 Å². The molecule has 0 unspecified atom stereocenters. The zero-order valence-electron chi connectivity index (χ0n) is 26.7. The summed E-state index contributed by atoms with van der Waals surface area (Å²) in [4.78, 5) is 0. The van der Waals surface area contributed by atoms with Crippen LogP contribution in [0.1, 0.15) is 92.4 Å². The first kappa shape index (κ1) is 34.1. The van der Waals surface area contributed by atoms with E-state index < -0.39 is 34.6 Å². The van der Waals surface area contributed by atoms with Gasteiger partial charge in [-0.2, -0.15) is 11.8 Å². The molecule has 2 saturated carbocycles. The fourth-order valence-corrected chi connectivity index (χ4v) is 9.76. The van der Waals surface area contributed by atoms with Gasteiger partial charge in [0.2, 0.25) is 5.82 Å². The van der Waals surface area contributed by atoms with Gasteiger partial charge in [-0.25, -0.2) is 22.0 Å². The third kappa shape index (κ3) is 6.76. The van der Waals surface area contributed by atoms with E-state index in [2.05, 4.69) is 25.1 Å². The molecular formula is C38H43F5O3S. The number of aryl methyl sites for hydroxylation is 1. The smallest absolute Gasteiger partial charge is 0.200 e. The van der Waals surface area contributed by atoms with Crippen molar-refractivity contribution in [2.24, 2.45) is 17.3 Å². The number of ether oxygens (including phenoxy) is 1. The number of aromatic hydroxyl groups is 1. The minimum absolute atomic E-state index is 0.0923. The van der Waals surface area contributed by atoms with E-state index in [1.54, 1.807) is 11.8 Å². The fraction of sp³-hybridized carbons (Fsp3) is 0.526. The van der Waals surface area contributed by atoms with Crippen LogP contribution in [0.3, 0.4) is 0 Å². The van der Waals surface area contributed by atoms with Crippen molar-refractivity contribution in [3.8, 4) is 11.5 Å². The van der Waals surface area contributed by atoms with Gasteiger partial charge in [0.15, 0.2) is 23.3 Å². The van der Waals surface area contributed by atoms with Crippen LogP contribution < -0.4 is 4.74 Å². The second-order valence-corrected chi connectivity index (χ2v) is 15.1.